The summed E-state index contributed by atoms with van der Waals surface area (Å²) in [6, 6.07) is 5.33. The SMILES string of the molecule is CCC(C)c1n[nH]c2c1CN(Cc1cccc(OC)c1F)CC2. The summed E-state index contributed by atoms with van der Waals surface area (Å²) in [4.78, 5) is 2.28. The maximum absolute atomic E-state index is 14.4. The van der Waals surface area contributed by atoms with Gasteiger partial charge in [-0.1, -0.05) is 26.0 Å². The third-order valence-corrected chi connectivity index (χ3v) is 4.78. The lowest BCUT2D eigenvalue weighted by molar-refractivity contribution is 0.239. The van der Waals surface area contributed by atoms with Crippen LogP contribution >= 0.6 is 0 Å². The van der Waals surface area contributed by atoms with Gasteiger partial charge in [0.05, 0.1) is 12.8 Å². The Morgan fingerprint density at radius 3 is 3.00 bits per heavy atom. The fourth-order valence-corrected chi connectivity index (χ4v) is 3.19. The van der Waals surface area contributed by atoms with Crippen LogP contribution in [0.1, 0.15) is 48.7 Å². The van der Waals surface area contributed by atoms with E-state index in [4.69, 9.17) is 4.74 Å². The van der Waals surface area contributed by atoms with Crippen molar-refractivity contribution in [3.63, 3.8) is 0 Å². The van der Waals surface area contributed by atoms with Gasteiger partial charge < -0.3 is 4.74 Å². The van der Waals surface area contributed by atoms with Crippen molar-refractivity contribution in [2.45, 2.75) is 45.7 Å². The Hall–Kier alpha value is -1.88. The first-order valence-electron chi connectivity index (χ1n) is 8.23. The van der Waals surface area contributed by atoms with E-state index in [9.17, 15) is 4.39 Å². The first-order valence-corrected chi connectivity index (χ1v) is 8.23. The van der Waals surface area contributed by atoms with E-state index in [1.807, 2.05) is 12.1 Å². The Balaban J connectivity index is 1.79. The molecular formula is C18H24FN3O. The molecule has 1 N–H and O–H groups in total. The Kier molecular flexibility index (Phi) is 4.66. The molecule has 1 atom stereocenters. The molecule has 0 amide bonds. The zero-order valence-electron chi connectivity index (χ0n) is 14.0. The van der Waals surface area contributed by atoms with Crippen LogP contribution in [0.25, 0.3) is 0 Å². The number of halogens is 1. The Labute approximate surface area is 136 Å². The van der Waals surface area contributed by atoms with E-state index in [-0.39, 0.29) is 5.82 Å². The Morgan fingerprint density at radius 2 is 2.26 bits per heavy atom. The van der Waals surface area contributed by atoms with Crippen LogP contribution in [-0.2, 0) is 19.5 Å². The number of rotatable bonds is 5. The minimum absolute atomic E-state index is 0.254. The number of fused-ring (bicyclic) bond motifs is 1. The van der Waals surface area contributed by atoms with Crippen molar-refractivity contribution < 1.29 is 9.13 Å². The molecule has 4 nitrogen and oxygen atoms in total. The van der Waals surface area contributed by atoms with Crippen LogP contribution in [0, 0.1) is 5.82 Å². The Bertz CT molecular complexity index is 683. The number of hydrogen-bond acceptors (Lipinski definition) is 3. The van der Waals surface area contributed by atoms with E-state index in [1.54, 1.807) is 6.07 Å². The third-order valence-electron chi connectivity index (χ3n) is 4.78. The molecule has 124 valence electrons. The van der Waals surface area contributed by atoms with Crippen molar-refractivity contribution >= 4 is 0 Å². The van der Waals surface area contributed by atoms with Gasteiger partial charge in [0, 0.05) is 48.8 Å². The molecule has 1 aromatic carbocycles. The summed E-state index contributed by atoms with van der Waals surface area (Å²) in [6.45, 7) is 6.70. The van der Waals surface area contributed by atoms with Crippen LogP contribution < -0.4 is 4.74 Å². The molecule has 3 rings (SSSR count). The molecular weight excluding hydrogens is 293 g/mol. The van der Waals surface area contributed by atoms with Crippen LogP contribution in [0.5, 0.6) is 5.75 Å². The molecule has 0 radical (unpaired) electrons. The van der Waals surface area contributed by atoms with Crippen molar-refractivity contribution in [3.05, 3.63) is 46.5 Å². The summed E-state index contributed by atoms with van der Waals surface area (Å²) in [5, 5.41) is 7.69. The molecule has 0 bridgehead atoms. The molecule has 23 heavy (non-hydrogen) atoms. The average molecular weight is 317 g/mol. The van der Waals surface area contributed by atoms with Crippen LogP contribution in [-0.4, -0.2) is 28.8 Å². The first kappa shape index (κ1) is 16.0. The zero-order chi connectivity index (χ0) is 16.4. The molecule has 1 unspecified atom stereocenters. The number of aromatic nitrogens is 2. The summed E-state index contributed by atoms with van der Waals surface area (Å²) in [5.74, 6) is 0.502. The van der Waals surface area contributed by atoms with E-state index < -0.39 is 0 Å². The highest BCUT2D eigenvalue weighted by Crippen LogP contribution is 2.29. The van der Waals surface area contributed by atoms with Gasteiger partial charge in [-0.25, -0.2) is 4.39 Å². The number of nitrogens with one attached hydrogen (secondary N) is 1. The molecule has 2 heterocycles. The molecule has 0 fully saturated rings. The highest BCUT2D eigenvalue weighted by molar-refractivity contribution is 5.32. The standard InChI is InChI=1S/C18H24FN3O/c1-4-12(2)18-14-11-22(9-8-15(14)20-21-18)10-13-6-5-7-16(23-3)17(13)19/h5-7,12H,4,8-11H2,1-3H3,(H,20,21). The maximum Gasteiger partial charge on any atom is 0.169 e. The van der Waals surface area contributed by atoms with Gasteiger partial charge >= 0.3 is 0 Å². The van der Waals surface area contributed by atoms with Crippen molar-refractivity contribution in [1.29, 1.82) is 0 Å². The normalized spacial score (nSPS) is 16.2. The summed E-state index contributed by atoms with van der Waals surface area (Å²) >= 11 is 0. The van der Waals surface area contributed by atoms with E-state index in [1.165, 1.54) is 24.1 Å². The quantitative estimate of drug-likeness (QED) is 0.915. The molecule has 0 saturated heterocycles. The van der Waals surface area contributed by atoms with Crippen molar-refractivity contribution in [2.24, 2.45) is 0 Å². The van der Waals surface area contributed by atoms with Gasteiger partial charge in [0.25, 0.3) is 0 Å². The monoisotopic (exact) mass is 317 g/mol. The predicted octanol–water partition coefficient (Wildman–Crippen LogP) is 3.63. The van der Waals surface area contributed by atoms with Crippen molar-refractivity contribution in [3.8, 4) is 5.75 Å². The van der Waals surface area contributed by atoms with Crippen LogP contribution in [0.15, 0.2) is 18.2 Å². The average Bonchev–Trinajstić information content (AvgIpc) is 2.99. The summed E-state index contributed by atoms with van der Waals surface area (Å²) in [7, 11) is 1.50. The number of nitrogens with zero attached hydrogens (tertiary/aromatic N) is 2. The van der Waals surface area contributed by atoms with Gasteiger partial charge in [-0.15, -0.1) is 0 Å². The molecule has 1 aromatic heterocycles. The summed E-state index contributed by atoms with van der Waals surface area (Å²) < 4.78 is 19.4. The molecule has 5 heteroatoms. The van der Waals surface area contributed by atoms with Gasteiger partial charge in [0.1, 0.15) is 0 Å². The second-order valence-corrected chi connectivity index (χ2v) is 6.27. The van der Waals surface area contributed by atoms with Crippen molar-refractivity contribution in [2.75, 3.05) is 13.7 Å². The minimum Gasteiger partial charge on any atom is -0.494 e. The van der Waals surface area contributed by atoms with E-state index >= 15 is 0 Å². The topological polar surface area (TPSA) is 41.2 Å². The highest BCUT2D eigenvalue weighted by Gasteiger charge is 2.24. The smallest absolute Gasteiger partial charge is 0.169 e. The van der Waals surface area contributed by atoms with E-state index in [0.717, 1.165) is 25.9 Å². The number of aromatic amines is 1. The Morgan fingerprint density at radius 1 is 1.43 bits per heavy atom. The molecule has 2 aromatic rings. The van der Waals surface area contributed by atoms with Crippen LogP contribution in [0.4, 0.5) is 4.39 Å². The van der Waals surface area contributed by atoms with Crippen LogP contribution in [0.2, 0.25) is 0 Å². The van der Waals surface area contributed by atoms with E-state index in [0.29, 0.717) is 23.8 Å². The predicted molar refractivity (Wildman–Crippen MR) is 88.1 cm³/mol. The maximum atomic E-state index is 14.4. The lowest BCUT2D eigenvalue weighted by Gasteiger charge is -2.28. The van der Waals surface area contributed by atoms with Gasteiger partial charge in [-0.3, -0.25) is 10.00 Å². The fourth-order valence-electron chi connectivity index (χ4n) is 3.19. The van der Waals surface area contributed by atoms with Crippen molar-refractivity contribution in [1.82, 2.24) is 15.1 Å². The molecule has 1 aliphatic heterocycles. The summed E-state index contributed by atoms with van der Waals surface area (Å²) in [6.07, 6.45) is 2.01. The molecule has 0 saturated carbocycles. The molecule has 1 aliphatic rings. The largest absolute Gasteiger partial charge is 0.494 e. The number of H-pyrrole nitrogens is 1. The second kappa shape index (κ2) is 6.71. The van der Waals surface area contributed by atoms with Crippen LogP contribution in [0.3, 0.4) is 0 Å². The number of methoxy groups -OCH3 is 1. The van der Waals surface area contributed by atoms with Gasteiger partial charge in [-0.05, 0) is 12.5 Å². The minimum atomic E-state index is -0.254. The first-order chi connectivity index (χ1) is 11.1. The summed E-state index contributed by atoms with van der Waals surface area (Å²) in [5.41, 5.74) is 4.39. The van der Waals surface area contributed by atoms with Gasteiger partial charge in [-0.2, -0.15) is 5.10 Å². The number of benzene rings is 1. The van der Waals surface area contributed by atoms with E-state index in [2.05, 4.69) is 28.9 Å². The number of ether oxygens (including phenoxy) is 1. The molecule has 0 aliphatic carbocycles. The lowest BCUT2D eigenvalue weighted by atomic mass is 9.96. The second-order valence-electron chi connectivity index (χ2n) is 6.27. The zero-order valence-corrected chi connectivity index (χ0v) is 14.0. The lowest BCUT2D eigenvalue weighted by Crippen LogP contribution is -2.30. The highest BCUT2D eigenvalue weighted by atomic mass is 19.1. The third kappa shape index (κ3) is 3.11. The number of hydrogen-bond donors (Lipinski definition) is 1. The fraction of sp³-hybridized carbons (Fsp3) is 0.500. The van der Waals surface area contributed by atoms with Gasteiger partial charge in [0.15, 0.2) is 11.6 Å². The van der Waals surface area contributed by atoms with Gasteiger partial charge in [0.2, 0.25) is 0 Å². The molecule has 0 spiro atoms.